The van der Waals surface area contributed by atoms with Gasteiger partial charge >= 0.3 is 14.2 Å². The van der Waals surface area contributed by atoms with Gasteiger partial charge in [0.2, 0.25) is 0 Å². The fourth-order valence-corrected chi connectivity index (χ4v) is 4.76. The van der Waals surface area contributed by atoms with Crippen LogP contribution in [0.4, 0.5) is 0 Å². The molecule has 3 rings (SSSR count). The average molecular weight is 384 g/mol. The van der Waals surface area contributed by atoms with E-state index < -0.39 is 14.2 Å². The summed E-state index contributed by atoms with van der Waals surface area (Å²) in [4.78, 5) is 0. The van der Waals surface area contributed by atoms with Crippen molar-refractivity contribution in [3.05, 3.63) is 41.9 Å². The van der Waals surface area contributed by atoms with Crippen LogP contribution in [0.1, 0.15) is 73.8 Å². The highest BCUT2D eigenvalue weighted by Crippen LogP contribution is 2.39. The van der Waals surface area contributed by atoms with Crippen molar-refractivity contribution in [2.24, 2.45) is 0 Å². The van der Waals surface area contributed by atoms with E-state index in [9.17, 15) is 0 Å². The van der Waals surface area contributed by atoms with E-state index >= 15 is 0 Å². The zero-order valence-corrected chi connectivity index (χ0v) is 18.7. The molecule has 1 aromatic rings. The summed E-state index contributed by atoms with van der Waals surface area (Å²) in [6.07, 6.45) is 1.66. The molecule has 0 spiro atoms. The third kappa shape index (κ3) is 5.50. The summed E-state index contributed by atoms with van der Waals surface area (Å²) in [5.41, 5.74) is 0.893. The fraction of sp³-hybridized carbons (Fsp3) is 0.636. The van der Waals surface area contributed by atoms with Crippen molar-refractivity contribution < 1.29 is 18.6 Å². The van der Waals surface area contributed by atoms with Gasteiger partial charge in [-0.25, -0.2) is 0 Å². The maximum atomic E-state index is 6.37. The average Bonchev–Trinajstić information content (AvgIpc) is 2.47. The molecule has 0 aliphatic carbocycles. The highest BCUT2D eigenvalue weighted by molar-refractivity contribution is 6.72. The van der Waals surface area contributed by atoms with Gasteiger partial charge in [0, 0.05) is 12.8 Å². The van der Waals surface area contributed by atoms with Crippen LogP contribution in [0.2, 0.25) is 0 Å². The van der Waals surface area contributed by atoms with E-state index in [-0.39, 0.29) is 22.4 Å². The minimum Gasteiger partial charge on any atom is -0.403 e. The molecule has 0 bridgehead atoms. The molecule has 2 heterocycles. The third-order valence-electron chi connectivity index (χ3n) is 5.10. The fourth-order valence-electron chi connectivity index (χ4n) is 4.76. The number of rotatable bonds is 3. The van der Waals surface area contributed by atoms with E-state index in [1.807, 2.05) is 24.2 Å². The molecule has 0 N–H and O–H groups in total. The molecule has 0 aromatic heterocycles. The predicted molar refractivity (Wildman–Crippen MR) is 116 cm³/mol. The normalized spacial score (nSPS) is 26.2. The number of hydrogen-bond acceptors (Lipinski definition) is 4. The van der Waals surface area contributed by atoms with Gasteiger partial charge in [-0.15, -0.1) is 0 Å². The van der Waals surface area contributed by atoms with Crippen LogP contribution in [-0.2, 0) is 18.6 Å². The lowest BCUT2D eigenvalue weighted by Gasteiger charge is -2.45. The Kier molecular flexibility index (Phi) is 5.65. The first-order chi connectivity index (χ1) is 12.8. The Labute approximate surface area is 171 Å². The van der Waals surface area contributed by atoms with Crippen molar-refractivity contribution in [1.82, 2.24) is 0 Å². The van der Waals surface area contributed by atoms with Gasteiger partial charge in [-0.3, -0.25) is 0 Å². The Bertz CT molecular complexity index is 693. The maximum Gasteiger partial charge on any atom is 0.494 e. The first-order valence-corrected chi connectivity index (χ1v) is 10.2. The molecular formula is C22H34B2O4. The van der Waals surface area contributed by atoms with Gasteiger partial charge < -0.3 is 18.6 Å². The lowest BCUT2D eigenvalue weighted by Crippen LogP contribution is -2.53. The van der Waals surface area contributed by atoms with Crippen LogP contribution in [0.25, 0.3) is 5.47 Å². The summed E-state index contributed by atoms with van der Waals surface area (Å²) < 4.78 is 25.2. The standard InChI is InChI=1S/C22H34B2O4/c1-19(2)15-20(3,4)26-23(25-19)14-18(17-12-10-9-11-13-17)24-27-21(5,6)16-22(7,8)28-24/h9-14H,15-16H2,1-8H3. The molecular weight excluding hydrogens is 350 g/mol. The van der Waals surface area contributed by atoms with Gasteiger partial charge in [-0.05, 0) is 66.4 Å². The van der Waals surface area contributed by atoms with Crippen LogP contribution in [-0.4, -0.2) is 36.6 Å². The second-order valence-electron chi connectivity index (χ2n) is 10.6. The highest BCUT2D eigenvalue weighted by Gasteiger charge is 2.47. The van der Waals surface area contributed by atoms with Gasteiger partial charge in [-0.1, -0.05) is 36.3 Å². The minimum atomic E-state index is -0.485. The first-order valence-electron chi connectivity index (χ1n) is 10.2. The van der Waals surface area contributed by atoms with E-state index in [1.54, 1.807) is 0 Å². The van der Waals surface area contributed by atoms with Crippen molar-refractivity contribution >= 4 is 19.7 Å². The molecule has 2 aliphatic heterocycles. The van der Waals surface area contributed by atoms with Crippen molar-refractivity contribution in [2.75, 3.05) is 0 Å². The third-order valence-corrected chi connectivity index (χ3v) is 5.10. The molecule has 0 amide bonds. The van der Waals surface area contributed by atoms with E-state index in [0.717, 1.165) is 23.9 Å². The predicted octanol–water partition coefficient (Wildman–Crippen LogP) is 5.11. The van der Waals surface area contributed by atoms with Gasteiger partial charge in [0.15, 0.2) is 0 Å². The molecule has 2 saturated heterocycles. The Morgan fingerprint density at radius 1 is 0.714 bits per heavy atom. The molecule has 0 unspecified atom stereocenters. The monoisotopic (exact) mass is 384 g/mol. The number of benzene rings is 1. The molecule has 152 valence electrons. The van der Waals surface area contributed by atoms with E-state index in [2.05, 4.69) is 67.5 Å². The van der Waals surface area contributed by atoms with E-state index in [0.29, 0.717) is 0 Å². The molecule has 6 heteroatoms. The Morgan fingerprint density at radius 3 is 1.61 bits per heavy atom. The summed E-state index contributed by atoms with van der Waals surface area (Å²) in [5.74, 6) is 2.03. The second kappa shape index (κ2) is 7.32. The molecule has 2 fully saturated rings. The molecule has 0 saturated carbocycles. The van der Waals surface area contributed by atoms with Crippen molar-refractivity contribution in [3.63, 3.8) is 0 Å². The topological polar surface area (TPSA) is 36.9 Å². The highest BCUT2D eigenvalue weighted by atomic mass is 16.6. The van der Waals surface area contributed by atoms with Gasteiger partial charge in [0.05, 0.1) is 22.4 Å². The van der Waals surface area contributed by atoms with Crippen molar-refractivity contribution in [1.29, 1.82) is 0 Å². The summed E-state index contributed by atoms with van der Waals surface area (Å²) in [7, 11) is -0.948. The van der Waals surface area contributed by atoms with E-state index in [4.69, 9.17) is 18.6 Å². The summed E-state index contributed by atoms with van der Waals surface area (Å²) in [5, 5.41) is 0. The Hall–Kier alpha value is -1.07. The summed E-state index contributed by atoms with van der Waals surface area (Å²) in [6.45, 7) is 16.9. The van der Waals surface area contributed by atoms with Crippen LogP contribution < -0.4 is 0 Å². The Balaban J connectivity index is 2.00. The quantitative estimate of drug-likeness (QED) is 0.679. The SMILES string of the molecule is CC1(C)CC(C)(C)OB(C=C(B2OC(C)(C)CC(C)(C)O2)c2ccccc2)O1. The largest absolute Gasteiger partial charge is 0.494 e. The minimum absolute atomic E-state index is 0.266. The Morgan fingerprint density at radius 2 is 1.14 bits per heavy atom. The van der Waals surface area contributed by atoms with Crippen LogP contribution >= 0.6 is 0 Å². The lowest BCUT2D eigenvalue weighted by atomic mass is 9.64. The molecule has 2 aliphatic rings. The molecule has 0 radical (unpaired) electrons. The molecule has 1 aromatic carbocycles. The second-order valence-corrected chi connectivity index (χ2v) is 10.6. The summed E-state index contributed by atoms with van der Waals surface area (Å²) >= 11 is 0. The zero-order valence-electron chi connectivity index (χ0n) is 18.7. The lowest BCUT2D eigenvalue weighted by molar-refractivity contribution is -0.0741. The van der Waals surface area contributed by atoms with Gasteiger partial charge in [0.1, 0.15) is 0 Å². The van der Waals surface area contributed by atoms with Crippen LogP contribution in [0.5, 0.6) is 0 Å². The van der Waals surface area contributed by atoms with E-state index in [1.165, 1.54) is 0 Å². The van der Waals surface area contributed by atoms with Crippen molar-refractivity contribution in [2.45, 2.75) is 90.6 Å². The first kappa shape index (κ1) is 21.6. The summed E-state index contributed by atoms with van der Waals surface area (Å²) in [6, 6.07) is 10.2. The smallest absolute Gasteiger partial charge is 0.403 e. The van der Waals surface area contributed by atoms with Gasteiger partial charge in [0.25, 0.3) is 0 Å². The van der Waals surface area contributed by atoms with Gasteiger partial charge in [-0.2, -0.15) is 0 Å². The van der Waals surface area contributed by atoms with Crippen LogP contribution in [0, 0.1) is 0 Å². The molecule has 28 heavy (non-hydrogen) atoms. The number of hydrogen-bond donors (Lipinski definition) is 0. The van der Waals surface area contributed by atoms with Crippen molar-refractivity contribution in [3.8, 4) is 0 Å². The zero-order chi connectivity index (χ0) is 20.8. The maximum absolute atomic E-state index is 6.37. The molecule has 0 atom stereocenters. The van der Waals surface area contributed by atoms with Crippen LogP contribution in [0.15, 0.2) is 36.3 Å². The molecule has 4 nitrogen and oxygen atoms in total. The van der Waals surface area contributed by atoms with Crippen LogP contribution in [0.3, 0.4) is 0 Å².